The Morgan fingerprint density at radius 2 is 1.50 bits per heavy atom. The molecule has 1 heterocycles. The highest BCUT2D eigenvalue weighted by molar-refractivity contribution is 7.99. The van der Waals surface area contributed by atoms with Crippen LogP contribution in [0.25, 0.3) is 0 Å². The molecule has 3 aromatic carbocycles. The van der Waals surface area contributed by atoms with E-state index in [9.17, 15) is 5.11 Å². The molecule has 1 aliphatic heterocycles. The van der Waals surface area contributed by atoms with Gasteiger partial charge in [-0.05, 0) is 28.8 Å². The number of rotatable bonds is 7. The first-order valence-corrected chi connectivity index (χ1v) is 11.2. The summed E-state index contributed by atoms with van der Waals surface area (Å²) < 4.78 is 12.7. The molecule has 0 spiro atoms. The van der Waals surface area contributed by atoms with Crippen LogP contribution in [-0.4, -0.2) is 17.0 Å². The highest BCUT2D eigenvalue weighted by atomic mass is 32.2. The Labute approximate surface area is 182 Å². The van der Waals surface area contributed by atoms with Gasteiger partial charge in [0, 0.05) is 29.2 Å². The van der Waals surface area contributed by atoms with Crippen LogP contribution in [-0.2, 0) is 22.6 Å². The van der Waals surface area contributed by atoms with E-state index in [1.54, 1.807) is 11.8 Å². The van der Waals surface area contributed by atoms with Crippen LogP contribution in [0.5, 0.6) is 0 Å². The van der Waals surface area contributed by atoms with Gasteiger partial charge >= 0.3 is 0 Å². The van der Waals surface area contributed by atoms with Gasteiger partial charge < -0.3 is 20.3 Å². The van der Waals surface area contributed by atoms with Crippen LogP contribution < -0.4 is 5.73 Å². The van der Waals surface area contributed by atoms with Crippen LogP contribution in [0.15, 0.2) is 83.8 Å². The van der Waals surface area contributed by atoms with Crippen LogP contribution in [0, 0.1) is 0 Å². The number of benzene rings is 3. The smallest absolute Gasteiger partial charge is 0.184 e. The summed E-state index contributed by atoms with van der Waals surface area (Å²) in [6.45, 7) is 0.560. The normalized spacial score (nSPS) is 21.5. The molecule has 0 saturated carbocycles. The first kappa shape index (κ1) is 21.1. The Morgan fingerprint density at radius 1 is 0.833 bits per heavy atom. The zero-order chi connectivity index (χ0) is 20.8. The molecule has 4 rings (SSSR count). The molecule has 3 atom stereocenters. The SMILES string of the molecule is NCc1ccc(C2OC(CSc3ccccc3)CC(c3ccc(CO)cc3)O2)cc1. The lowest BCUT2D eigenvalue weighted by Crippen LogP contribution is -2.31. The van der Waals surface area contributed by atoms with Crippen LogP contribution in [0.3, 0.4) is 0 Å². The maximum Gasteiger partial charge on any atom is 0.184 e. The van der Waals surface area contributed by atoms with Gasteiger partial charge in [-0.15, -0.1) is 11.8 Å². The molecule has 0 aliphatic carbocycles. The zero-order valence-corrected chi connectivity index (χ0v) is 17.6. The van der Waals surface area contributed by atoms with Crippen molar-refractivity contribution >= 4 is 11.8 Å². The summed E-state index contributed by atoms with van der Waals surface area (Å²) in [5, 5.41) is 9.33. The van der Waals surface area contributed by atoms with Crippen molar-refractivity contribution in [3.63, 3.8) is 0 Å². The molecule has 3 N–H and O–H groups in total. The Morgan fingerprint density at radius 3 is 2.17 bits per heavy atom. The molecule has 0 radical (unpaired) electrons. The summed E-state index contributed by atoms with van der Waals surface area (Å²) in [7, 11) is 0. The second kappa shape index (κ2) is 10.2. The fraction of sp³-hybridized carbons (Fsp3) is 0.280. The first-order valence-electron chi connectivity index (χ1n) is 10.2. The van der Waals surface area contributed by atoms with Crippen molar-refractivity contribution < 1.29 is 14.6 Å². The highest BCUT2D eigenvalue weighted by Gasteiger charge is 2.32. The lowest BCUT2D eigenvalue weighted by atomic mass is 10.0. The number of aliphatic hydroxyl groups excluding tert-OH is 1. The Bertz CT molecular complexity index is 860. The van der Waals surface area contributed by atoms with Gasteiger partial charge in [-0.3, -0.25) is 0 Å². The summed E-state index contributed by atoms with van der Waals surface area (Å²) in [6, 6.07) is 26.5. The monoisotopic (exact) mass is 421 g/mol. The third-order valence-corrected chi connectivity index (χ3v) is 6.43. The van der Waals surface area contributed by atoms with Crippen molar-refractivity contribution in [2.45, 2.75) is 43.0 Å². The molecule has 1 fully saturated rings. The predicted molar refractivity (Wildman–Crippen MR) is 120 cm³/mol. The number of ether oxygens (including phenoxy) is 2. The third-order valence-electron chi connectivity index (χ3n) is 5.28. The van der Waals surface area contributed by atoms with Crippen molar-refractivity contribution in [2.24, 2.45) is 5.73 Å². The molecule has 5 heteroatoms. The molecule has 1 saturated heterocycles. The van der Waals surface area contributed by atoms with E-state index in [0.29, 0.717) is 6.54 Å². The molecule has 0 aromatic heterocycles. The summed E-state index contributed by atoms with van der Waals surface area (Å²) >= 11 is 1.80. The lowest BCUT2D eigenvalue weighted by molar-refractivity contribution is -0.245. The lowest BCUT2D eigenvalue weighted by Gasteiger charge is -2.36. The van der Waals surface area contributed by atoms with Gasteiger partial charge in [0.15, 0.2) is 6.29 Å². The van der Waals surface area contributed by atoms with E-state index in [-0.39, 0.29) is 18.8 Å². The molecular formula is C25H27NO3S. The average Bonchev–Trinajstić information content (AvgIpc) is 2.83. The second-order valence-corrected chi connectivity index (χ2v) is 8.51. The fourth-order valence-corrected chi connectivity index (χ4v) is 4.48. The number of hydrogen-bond acceptors (Lipinski definition) is 5. The van der Waals surface area contributed by atoms with Gasteiger partial charge in [-0.1, -0.05) is 66.7 Å². The van der Waals surface area contributed by atoms with Gasteiger partial charge in [-0.2, -0.15) is 0 Å². The van der Waals surface area contributed by atoms with Crippen molar-refractivity contribution in [1.29, 1.82) is 0 Å². The van der Waals surface area contributed by atoms with E-state index in [0.717, 1.165) is 34.4 Å². The van der Waals surface area contributed by atoms with E-state index in [2.05, 4.69) is 24.3 Å². The Balaban J connectivity index is 1.52. The number of aliphatic hydroxyl groups is 1. The second-order valence-electron chi connectivity index (χ2n) is 7.42. The Kier molecular flexibility index (Phi) is 7.20. The van der Waals surface area contributed by atoms with E-state index < -0.39 is 6.29 Å². The molecule has 156 valence electrons. The van der Waals surface area contributed by atoms with Gasteiger partial charge in [0.25, 0.3) is 0 Å². The largest absolute Gasteiger partial charge is 0.392 e. The molecular weight excluding hydrogens is 394 g/mol. The Hall–Kier alpha value is -2.15. The summed E-state index contributed by atoms with van der Waals surface area (Å²) in [5.74, 6) is 0.857. The van der Waals surface area contributed by atoms with Gasteiger partial charge in [0.05, 0.1) is 18.8 Å². The number of hydrogen-bond donors (Lipinski definition) is 2. The number of nitrogens with two attached hydrogens (primary N) is 1. The maximum absolute atomic E-state index is 9.33. The predicted octanol–water partition coefficient (Wildman–Crippen LogP) is 4.98. The molecule has 4 nitrogen and oxygen atoms in total. The average molecular weight is 422 g/mol. The molecule has 0 amide bonds. The van der Waals surface area contributed by atoms with Crippen molar-refractivity contribution in [2.75, 3.05) is 5.75 Å². The minimum Gasteiger partial charge on any atom is -0.392 e. The summed E-state index contributed by atoms with van der Waals surface area (Å²) in [5.41, 5.74) is 9.82. The molecule has 1 aliphatic rings. The number of thioether (sulfide) groups is 1. The first-order chi connectivity index (χ1) is 14.7. The standard InChI is InChI=1S/C25H27NO3S/c26-15-18-6-12-21(13-7-18)25-28-22(17-30-23-4-2-1-3-5-23)14-24(29-25)20-10-8-19(16-27)9-11-20/h1-13,22,24-25,27H,14-17,26H2. The third kappa shape index (κ3) is 5.31. The molecule has 0 bridgehead atoms. The van der Waals surface area contributed by atoms with Gasteiger partial charge in [-0.25, -0.2) is 0 Å². The molecule has 3 aromatic rings. The quantitative estimate of drug-likeness (QED) is 0.527. The minimum atomic E-state index is -0.422. The van der Waals surface area contributed by atoms with Crippen molar-refractivity contribution in [3.8, 4) is 0 Å². The maximum atomic E-state index is 9.33. The van der Waals surface area contributed by atoms with Gasteiger partial charge in [0.1, 0.15) is 0 Å². The van der Waals surface area contributed by atoms with Gasteiger partial charge in [0.2, 0.25) is 0 Å². The zero-order valence-electron chi connectivity index (χ0n) is 16.8. The van der Waals surface area contributed by atoms with Crippen LogP contribution in [0.2, 0.25) is 0 Å². The topological polar surface area (TPSA) is 64.7 Å². The van der Waals surface area contributed by atoms with E-state index in [4.69, 9.17) is 15.2 Å². The fourth-order valence-electron chi connectivity index (χ4n) is 3.54. The molecule has 3 unspecified atom stereocenters. The summed E-state index contributed by atoms with van der Waals surface area (Å²) in [4.78, 5) is 1.24. The van der Waals surface area contributed by atoms with Crippen molar-refractivity contribution in [1.82, 2.24) is 0 Å². The van der Waals surface area contributed by atoms with Crippen LogP contribution >= 0.6 is 11.8 Å². The summed E-state index contributed by atoms with van der Waals surface area (Å²) in [6.07, 6.45) is 0.363. The van der Waals surface area contributed by atoms with E-state index in [1.807, 2.05) is 54.6 Å². The van der Waals surface area contributed by atoms with Crippen LogP contribution in [0.1, 0.15) is 41.1 Å². The van der Waals surface area contributed by atoms with Crippen LogP contribution in [0.4, 0.5) is 0 Å². The minimum absolute atomic E-state index is 0.0430. The van der Waals surface area contributed by atoms with Crippen molar-refractivity contribution in [3.05, 3.63) is 101 Å². The van der Waals surface area contributed by atoms with E-state index >= 15 is 0 Å². The van der Waals surface area contributed by atoms with E-state index in [1.165, 1.54) is 4.90 Å². The molecule has 30 heavy (non-hydrogen) atoms. The highest BCUT2D eigenvalue weighted by Crippen LogP contribution is 2.39.